The molecule has 0 atom stereocenters. The highest BCUT2D eigenvalue weighted by molar-refractivity contribution is 7.89. The van der Waals surface area contributed by atoms with Crippen LogP contribution in [-0.2, 0) is 22.1 Å². The van der Waals surface area contributed by atoms with Gasteiger partial charge in [-0.2, -0.15) is 0 Å². The Hall–Kier alpha value is -3.17. The standard InChI is InChI=1S/C24H27N3O5S/c1-24(2,19-10-8-17(9-11-19)15-27-13-12-22(28)25-23(27)29)26-33(30,31)21-5-3-4-20(14-21)32-16-18-6-7-18/h3-5,8-14,18,26H,6-7,15-16H2,1-2H3,(H,25,28,29). The molecular weight excluding hydrogens is 442 g/mol. The largest absolute Gasteiger partial charge is 0.493 e. The van der Waals surface area contributed by atoms with E-state index in [1.54, 1.807) is 38.1 Å². The van der Waals surface area contributed by atoms with Crippen LogP contribution in [0.25, 0.3) is 0 Å². The molecule has 1 aromatic heterocycles. The van der Waals surface area contributed by atoms with Crippen molar-refractivity contribution in [2.45, 2.75) is 43.7 Å². The highest BCUT2D eigenvalue weighted by Crippen LogP contribution is 2.30. The molecule has 2 N–H and O–H groups in total. The number of ether oxygens (including phenoxy) is 1. The van der Waals surface area contributed by atoms with Crippen molar-refractivity contribution >= 4 is 10.0 Å². The van der Waals surface area contributed by atoms with Crippen LogP contribution in [0.4, 0.5) is 0 Å². The Labute approximate surface area is 192 Å². The molecule has 0 saturated heterocycles. The molecule has 0 radical (unpaired) electrons. The lowest BCUT2D eigenvalue weighted by atomic mass is 9.95. The van der Waals surface area contributed by atoms with Crippen LogP contribution in [0.15, 0.2) is 75.3 Å². The molecule has 8 nitrogen and oxygen atoms in total. The van der Waals surface area contributed by atoms with E-state index in [4.69, 9.17) is 4.74 Å². The van der Waals surface area contributed by atoms with E-state index in [1.165, 1.54) is 16.8 Å². The van der Waals surface area contributed by atoms with Gasteiger partial charge in [-0.3, -0.25) is 14.3 Å². The predicted octanol–water partition coefficient (Wildman–Crippen LogP) is 2.59. The first-order valence-corrected chi connectivity index (χ1v) is 12.3. The van der Waals surface area contributed by atoms with Crippen LogP contribution in [0.2, 0.25) is 0 Å². The number of H-pyrrole nitrogens is 1. The van der Waals surface area contributed by atoms with Gasteiger partial charge in [-0.05, 0) is 55.9 Å². The van der Waals surface area contributed by atoms with E-state index in [-0.39, 0.29) is 11.4 Å². The molecule has 0 amide bonds. The maximum Gasteiger partial charge on any atom is 0.328 e. The van der Waals surface area contributed by atoms with Crippen molar-refractivity contribution in [1.29, 1.82) is 0 Å². The van der Waals surface area contributed by atoms with Gasteiger partial charge in [-0.25, -0.2) is 17.9 Å². The highest BCUT2D eigenvalue weighted by Gasteiger charge is 2.28. The summed E-state index contributed by atoms with van der Waals surface area (Å²) in [5.74, 6) is 1.12. The van der Waals surface area contributed by atoms with E-state index in [1.807, 2.05) is 24.3 Å². The van der Waals surface area contributed by atoms with Gasteiger partial charge in [0.25, 0.3) is 5.56 Å². The van der Waals surface area contributed by atoms with E-state index >= 15 is 0 Å². The molecule has 174 valence electrons. The van der Waals surface area contributed by atoms with Crippen molar-refractivity contribution in [3.63, 3.8) is 0 Å². The van der Waals surface area contributed by atoms with Crippen LogP contribution in [0, 0.1) is 5.92 Å². The smallest absolute Gasteiger partial charge is 0.328 e. The van der Waals surface area contributed by atoms with Gasteiger partial charge in [0.05, 0.1) is 23.6 Å². The molecule has 0 spiro atoms. The number of nitrogens with zero attached hydrogens (tertiary/aromatic N) is 1. The molecule has 33 heavy (non-hydrogen) atoms. The summed E-state index contributed by atoms with van der Waals surface area (Å²) < 4.78 is 36.0. The molecule has 0 aliphatic heterocycles. The van der Waals surface area contributed by atoms with Crippen molar-refractivity contribution in [3.05, 3.63) is 92.8 Å². The van der Waals surface area contributed by atoms with Gasteiger partial charge < -0.3 is 4.74 Å². The van der Waals surface area contributed by atoms with Gasteiger partial charge in [0, 0.05) is 18.3 Å². The molecule has 4 rings (SSSR count). The van der Waals surface area contributed by atoms with Crippen LogP contribution in [0.5, 0.6) is 5.75 Å². The summed E-state index contributed by atoms with van der Waals surface area (Å²) in [6.07, 6.45) is 3.76. The first-order chi connectivity index (χ1) is 15.6. The number of sulfonamides is 1. The Bertz CT molecular complexity index is 1350. The van der Waals surface area contributed by atoms with Gasteiger partial charge in [0.15, 0.2) is 0 Å². The summed E-state index contributed by atoms with van der Waals surface area (Å²) in [4.78, 5) is 25.5. The van der Waals surface area contributed by atoms with E-state index < -0.39 is 26.8 Å². The fourth-order valence-corrected chi connectivity index (χ4v) is 4.91. The number of aromatic nitrogens is 2. The Morgan fingerprint density at radius 3 is 2.48 bits per heavy atom. The summed E-state index contributed by atoms with van der Waals surface area (Å²) in [6, 6.07) is 15.1. The average molecular weight is 470 g/mol. The maximum atomic E-state index is 13.1. The zero-order valence-electron chi connectivity index (χ0n) is 18.6. The lowest BCUT2D eigenvalue weighted by molar-refractivity contribution is 0.299. The van der Waals surface area contributed by atoms with Gasteiger partial charge in [0.1, 0.15) is 5.75 Å². The van der Waals surface area contributed by atoms with Crippen molar-refractivity contribution < 1.29 is 13.2 Å². The maximum absolute atomic E-state index is 13.1. The number of rotatable bonds is 9. The average Bonchev–Trinajstić information content (AvgIpc) is 3.59. The zero-order valence-corrected chi connectivity index (χ0v) is 19.4. The normalized spacial score (nSPS) is 14.2. The minimum Gasteiger partial charge on any atom is -0.493 e. The van der Waals surface area contributed by atoms with Gasteiger partial charge in [0.2, 0.25) is 10.0 Å². The summed E-state index contributed by atoms with van der Waals surface area (Å²) in [5.41, 5.74) is -0.197. The number of hydrogen-bond donors (Lipinski definition) is 2. The number of hydrogen-bond acceptors (Lipinski definition) is 5. The lowest BCUT2D eigenvalue weighted by Crippen LogP contribution is -2.40. The summed E-state index contributed by atoms with van der Waals surface area (Å²) in [5, 5.41) is 0. The minimum atomic E-state index is -3.79. The van der Waals surface area contributed by atoms with Crippen molar-refractivity contribution in [1.82, 2.24) is 14.3 Å². The third-order valence-corrected chi connectivity index (χ3v) is 7.27. The molecule has 1 saturated carbocycles. The van der Waals surface area contributed by atoms with Crippen LogP contribution in [0.3, 0.4) is 0 Å². The number of aromatic amines is 1. The third-order valence-electron chi connectivity index (χ3n) is 5.61. The second kappa shape index (κ2) is 8.99. The monoisotopic (exact) mass is 469 g/mol. The molecule has 1 aliphatic rings. The van der Waals surface area contributed by atoms with Gasteiger partial charge in [-0.15, -0.1) is 0 Å². The van der Waals surface area contributed by atoms with Crippen molar-refractivity contribution in [2.75, 3.05) is 6.61 Å². The predicted molar refractivity (Wildman–Crippen MR) is 125 cm³/mol. The Morgan fingerprint density at radius 2 is 1.82 bits per heavy atom. The van der Waals surface area contributed by atoms with Crippen molar-refractivity contribution in [2.24, 2.45) is 5.92 Å². The summed E-state index contributed by atoms with van der Waals surface area (Å²) in [7, 11) is -3.79. The fourth-order valence-electron chi connectivity index (χ4n) is 3.48. The van der Waals surface area contributed by atoms with Gasteiger partial charge in [-0.1, -0.05) is 30.3 Å². The number of benzene rings is 2. The molecular formula is C24H27N3O5S. The van der Waals surface area contributed by atoms with E-state index in [2.05, 4.69) is 9.71 Å². The molecule has 2 aromatic carbocycles. The molecule has 9 heteroatoms. The lowest BCUT2D eigenvalue weighted by Gasteiger charge is -2.27. The first-order valence-electron chi connectivity index (χ1n) is 10.8. The van der Waals surface area contributed by atoms with Crippen LogP contribution in [0.1, 0.15) is 37.8 Å². The van der Waals surface area contributed by atoms with Crippen LogP contribution >= 0.6 is 0 Å². The Kier molecular flexibility index (Phi) is 6.27. The topological polar surface area (TPSA) is 110 Å². The van der Waals surface area contributed by atoms with Gasteiger partial charge >= 0.3 is 5.69 Å². The third kappa shape index (κ3) is 5.80. The molecule has 1 aliphatic carbocycles. The second-order valence-electron chi connectivity index (χ2n) is 8.89. The van der Waals surface area contributed by atoms with E-state index in [0.717, 1.165) is 24.0 Å². The zero-order chi connectivity index (χ0) is 23.6. The summed E-state index contributed by atoms with van der Waals surface area (Å²) >= 11 is 0. The van der Waals surface area contributed by atoms with E-state index in [9.17, 15) is 18.0 Å². The Morgan fingerprint density at radius 1 is 1.09 bits per heavy atom. The molecule has 0 bridgehead atoms. The van der Waals surface area contributed by atoms with Crippen LogP contribution < -0.4 is 20.7 Å². The quantitative estimate of drug-likeness (QED) is 0.501. The fraction of sp³-hybridized carbons (Fsp3) is 0.333. The molecule has 0 unspecified atom stereocenters. The summed E-state index contributed by atoms with van der Waals surface area (Å²) in [6.45, 7) is 4.48. The molecule has 1 fully saturated rings. The van der Waals surface area contributed by atoms with E-state index in [0.29, 0.717) is 18.3 Å². The minimum absolute atomic E-state index is 0.151. The molecule has 1 heterocycles. The number of nitrogens with one attached hydrogen (secondary N) is 2. The first kappa shape index (κ1) is 23.0. The highest BCUT2D eigenvalue weighted by atomic mass is 32.2. The molecule has 3 aromatic rings. The van der Waals surface area contributed by atoms with Crippen molar-refractivity contribution in [3.8, 4) is 5.75 Å². The van der Waals surface area contributed by atoms with Crippen LogP contribution in [-0.4, -0.2) is 24.6 Å². The Balaban J connectivity index is 1.47. The second-order valence-corrected chi connectivity index (χ2v) is 10.6. The SMILES string of the molecule is CC(C)(NS(=O)(=O)c1cccc(OCC2CC2)c1)c1ccc(Cn2ccc(=O)[nH]c2=O)cc1.